The Bertz CT molecular complexity index is 1150. The molecule has 33 heavy (non-hydrogen) atoms. The van der Waals surface area contributed by atoms with Crippen molar-refractivity contribution < 1.29 is 27.5 Å². The lowest BCUT2D eigenvalue weighted by atomic mass is 10.2. The van der Waals surface area contributed by atoms with E-state index in [2.05, 4.69) is 4.90 Å². The van der Waals surface area contributed by atoms with Crippen LogP contribution in [0.1, 0.15) is 17.3 Å². The first-order valence-electron chi connectivity index (χ1n) is 10.0. The molecule has 0 saturated carbocycles. The second kappa shape index (κ2) is 10.2. The molecule has 1 fully saturated rings. The van der Waals surface area contributed by atoms with E-state index in [1.807, 2.05) is 30.3 Å². The van der Waals surface area contributed by atoms with Gasteiger partial charge in [-0.25, -0.2) is 18.0 Å². The van der Waals surface area contributed by atoms with Gasteiger partial charge >= 0.3 is 12.0 Å². The van der Waals surface area contributed by atoms with Crippen molar-refractivity contribution in [3.8, 4) is 0 Å². The molecule has 1 aliphatic heterocycles. The number of urea groups is 1. The number of imide groups is 1. The fourth-order valence-corrected chi connectivity index (χ4v) is 4.94. The summed E-state index contributed by atoms with van der Waals surface area (Å²) >= 11 is 6.07. The van der Waals surface area contributed by atoms with Gasteiger partial charge in [-0.05, 0) is 37.3 Å². The lowest BCUT2D eigenvalue weighted by Crippen LogP contribution is -2.48. The van der Waals surface area contributed by atoms with Gasteiger partial charge in [0.1, 0.15) is 0 Å². The first kappa shape index (κ1) is 24.5. The van der Waals surface area contributed by atoms with Crippen LogP contribution in [0.25, 0.3) is 0 Å². The standard InChI is InChI=1S/C21H23ClN4O6S/c1-14(19(27)24-21(23)29)32-20(28)17-13-16(7-8-18(17)22)33(30,31)26-11-9-25(10-12-26)15-5-3-2-4-6-15/h2-8,13-14H,9-12H2,1H3,(H3,23,24,27,29)/t14-/m1/s1. The molecule has 2 aromatic carbocycles. The molecule has 10 nitrogen and oxygen atoms in total. The molecular formula is C21H23ClN4O6S. The Morgan fingerprint density at radius 1 is 1.06 bits per heavy atom. The van der Waals surface area contributed by atoms with E-state index in [-0.39, 0.29) is 28.6 Å². The molecule has 3 rings (SSSR count). The second-order valence-corrected chi connectivity index (χ2v) is 9.61. The highest BCUT2D eigenvalue weighted by atomic mass is 35.5. The minimum Gasteiger partial charge on any atom is -0.449 e. The van der Waals surface area contributed by atoms with Crippen LogP contribution in [0.4, 0.5) is 10.5 Å². The summed E-state index contributed by atoms with van der Waals surface area (Å²) < 4.78 is 32.7. The van der Waals surface area contributed by atoms with Gasteiger partial charge in [0.25, 0.3) is 5.91 Å². The average molecular weight is 495 g/mol. The Morgan fingerprint density at radius 2 is 1.70 bits per heavy atom. The van der Waals surface area contributed by atoms with Crippen molar-refractivity contribution in [2.45, 2.75) is 17.9 Å². The Labute approximate surface area is 196 Å². The highest BCUT2D eigenvalue weighted by molar-refractivity contribution is 7.89. The van der Waals surface area contributed by atoms with Crippen LogP contribution in [-0.2, 0) is 19.6 Å². The lowest BCUT2D eigenvalue weighted by Gasteiger charge is -2.35. The largest absolute Gasteiger partial charge is 0.449 e. The number of esters is 1. The lowest BCUT2D eigenvalue weighted by molar-refractivity contribution is -0.127. The number of nitrogens with one attached hydrogen (secondary N) is 1. The summed E-state index contributed by atoms with van der Waals surface area (Å²) in [7, 11) is -3.90. The van der Waals surface area contributed by atoms with Crippen molar-refractivity contribution in [3.05, 3.63) is 59.1 Å². The van der Waals surface area contributed by atoms with Gasteiger partial charge in [-0.2, -0.15) is 4.31 Å². The molecule has 3 amide bonds. The first-order valence-corrected chi connectivity index (χ1v) is 11.8. The molecule has 0 bridgehead atoms. The summed E-state index contributed by atoms with van der Waals surface area (Å²) in [6.07, 6.45) is -1.35. The maximum Gasteiger partial charge on any atom is 0.340 e. The monoisotopic (exact) mass is 494 g/mol. The quantitative estimate of drug-likeness (QED) is 0.581. The predicted molar refractivity (Wildman–Crippen MR) is 121 cm³/mol. The van der Waals surface area contributed by atoms with Crippen molar-refractivity contribution in [2.24, 2.45) is 5.73 Å². The van der Waals surface area contributed by atoms with Crippen LogP contribution in [0.5, 0.6) is 0 Å². The van der Waals surface area contributed by atoms with E-state index < -0.39 is 34.0 Å². The molecule has 2 aromatic rings. The summed E-state index contributed by atoms with van der Waals surface area (Å²) in [4.78, 5) is 37.0. The number of amides is 3. The number of hydrogen-bond donors (Lipinski definition) is 2. The molecule has 0 aromatic heterocycles. The molecule has 1 saturated heterocycles. The summed E-state index contributed by atoms with van der Waals surface area (Å²) in [5.74, 6) is -1.94. The van der Waals surface area contributed by atoms with Gasteiger partial charge in [0, 0.05) is 31.9 Å². The van der Waals surface area contributed by atoms with Crippen molar-refractivity contribution in [3.63, 3.8) is 0 Å². The number of nitrogens with zero attached hydrogens (tertiary/aromatic N) is 2. The van der Waals surface area contributed by atoms with Crippen LogP contribution in [0.2, 0.25) is 5.02 Å². The van der Waals surface area contributed by atoms with Crippen molar-refractivity contribution in [1.29, 1.82) is 0 Å². The van der Waals surface area contributed by atoms with Crippen LogP contribution < -0.4 is 16.0 Å². The second-order valence-electron chi connectivity index (χ2n) is 7.27. The van der Waals surface area contributed by atoms with E-state index in [1.54, 1.807) is 5.32 Å². The van der Waals surface area contributed by atoms with E-state index in [1.165, 1.54) is 23.4 Å². The number of primary amides is 1. The van der Waals surface area contributed by atoms with Gasteiger partial charge < -0.3 is 15.4 Å². The summed E-state index contributed by atoms with van der Waals surface area (Å²) in [5.41, 5.74) is 5.66. The maximum absolute atomic E-state index is 13.2. The third-order valence-corrected chi connectivity index (χ3v) is 7.28. The minimum absolute atomic E-state index is 0.0460. The van der Waals surface area contributed by atoms with Gasteiger partial charge in [-0.15, -0.1) is 0 Å². The van der Waals surface area contributed by atoms with E-state index >= 15 is 0 Å². The molecule has 1 heterocycles. The number of nitrogens with two attached hydrogens (primary N) is 1. The molecule has 1 atom stereocenters. The maximum atomic E-state index is 13.2. The molecule has 0 aliphatic carbocycles. The third kappa shape index (κ3) is 5.81. The number of anilines is 1. The number of rotatable bonds is 6. The Hall–Kier alpha value is -3.15. The number of piperazine rings is 1. The Balaban J connectivity index is 1.73. The normalized spacial score (nSPS) is 15.5. The summed E-state index contributed by atoms with van der Waals surface area (Å²) in [6.45, 7) is 2.79. The number of para-hydroxylation sites is 1. The number of halogens is 1. The highest BCUT2D eigenvalue weighted by Crippen LogP contribution is 2.25. The van der Waals surface area contributed by atoms with Gasteiger partial charge in [0.2, 0.25) is 10.0 Å². The topological polar surface area (TPSA) is 139 Å². The van der Waals surface area contributed by atoms with E-state index in [0.717, 1.165) is 11.8 Å². The molecular weight excluding hydrogens is 472 g/mol. The number of benzene rings is 2. The third-order valence-electron chi connectivity index (χ3n) is 5.05. The molecule has 0 spiro atoms. The fraction of sp³-hybridized carbons (Fsp3) is 0.286. The molecule has 12 heteroatoms. The zero-order chi connectivity index (χ0) is 24.2. The molecule has 0 radical (unpaired) electrons. The molecule has 176 valence electrons. The van der Waals surface area contributed by atoms with Crippen LogP contribution in [-0.4, -0.2) is 62.9 Å². The van der Waals surface area contributed by atoms with E-state index in [0.29, 0.717) is 13.1 Å². The van der Waals surface area contributed by atoms with Crippen LogP contribution >= 0.6 is 11.6 Å². The Morgan fingerprint density at radius 3 is 2.30 bits per heavy atom. The van der Waals surface area contributed by atoms with Gasteiger partial charge in [0.15, 0.2) is 6.10 Å². The van der Waals surface area contributed by atoms with Gasteiger partial charge in [-0.1, -0.05) is 29.8 Å². The molecule has 0 unspecified atom stereocenters. The van der Waals surface area contributed by atoms with Gasteiger partial charge in [0.05, 0.1) is 15.5 Å². The number of carbonyl (C=O) groups is 3. The van der Waals surface area contributed by atoms with Crippen LogP contribution in [0.15, 0.2) is 53.4 Å². The number of carbonyl (C=O) groups excluding carboxylic acids is 3. The van der Waals surface area contributed by atoms with Gasteiger partial charge in [-0.3, -0.25) is 10.1 Å². The number of sulfonamides is 1. The fourth-order valence-electron chi connectivity index (χ4n) is 3.30. The van der Waals surface area contributed by atoms with E-state index in [9.17, 15) is 22.8 Å². The first-order chi connectivity index (χ1) is 15.6. The average Bonchev–Trinajstić information content (AvgIpc) is 2.79. The molecule has 3 N–H and O–H groups in total. The zero-order valence-corrected chi connectivity index (χ0v) is 19.3. The van der Waals surface area contributed by atoms with Crippen LogP contribution in [0.3, 0.4) is 0 Å². The highest BCUT2D eigenvalue weighted by Gasteiger charge is 2.30. The minimum atomic E-state index is -3.90. The SMILES string of the molecule is C[C@@H](OC(=O)c1cc(S(=O)(=O)N2CCN(c3ccccc3)CC2)ccc1Cl)C(=O)NC(N)=O. The van der Waals surface area contributed by atoms with Crippen molar-refractivity contribution >= 4 is 45.2 Å². The number of hydrogen-bond acceptors (Lipinski definition) is 7. The number of ether oxygens (including phenoxy) is 1. The smallest absolute Gasteiger partial charge is 0.340 e. The predicted octanol–water partition coefficient (Wildman–Crippen LogP) is 1.59. The Kier molecular flexibility index (Phi) is 7.57. The zero-order valence-electron chi connectivity index (χ0n) is 17.7. The summed E-state index contributed by atoms with van der Waals surface area (Å²) in [6, 6.07) is 12.3. The van der Waals surface area contributed by atoms with E-state index in [4.69, 9.17) is 22.1 Å². The van der Waals surface area contributed by atoms with Crippen LogP contribution in [0, 0.1) is 0 Å². The van der Waals surface area contributed by atoms with Crippen molar-refractivity contribution in [1.82, 2.24) is 9.62 Å². The summed E-state index contributed by atoms with van der Waals surface area (Å²) in [5, 5.41) is 1.75. The van der Waals surface area contributed by atoms with Crippen molar-refractivity contribution in [2.75, 3.05) is 31.1 Å². The molecule has 1 aliphatic rings.